The lowest BCUT2D eigenvalue weighted by Gasteiger charge is -2.39. The number of pyridine rings is 1. The molecule has 0 spiro atoms. The Morgan fingerprint density at radius 3 is 2.37 bits per heavy atom. The number of halogens is 1. The number of ether oxygens (including phenoxy) is 3. The van der Waals surface area contributed by atoms with Crippen LogP contribution in [0.1, 0.15) is 95.4 Å². The summed E-state index contributed by atoms with van der Waals surface area (Å²) >= 11 is 6.27. The van der Waals surface area contributed by atoms with Crippen LogP contribution in [0.25, 0.3) is 16.6 Å². The number of benzene rings is 4. The largest absolute Gasteiger partial charge is 0.455 e. The van der Waals surface area contributed by atoms with E-state index in [-0.39, 0.29) is 52.3 Å². The molecule has 0 bridgehead atoms. The molecule has 4 aliphatic heterocycles. The van der Waals surface area contributed by atoms with Gasteiger partial charge in [0, 0.05) is 98.9 Å². The molecule has 5 aliphatic rings. The molecule has 23 nitrogen and oxygen atoms in total. The van der Waals surface area contributed by atoms with E-state index in [1.54, 1.807) is 36.5 Å². The first-order valence-corrected chi connectivity index (χ1v) is 32.0. The summed E-state index contributed by atoms with van der Waals surface area (Å²) in [5, 5.41) is 22.5. The number of aromatic nitrogens is 2. The zero-order valence-corrected chi connectivity index (χ0v) is 51.3. The van der Waals surface area contributed by atoms with Crippen molar-refractivity contribution in [3.63, 3.8) is 0 Å². The van der Waals surface area contributed by atoms with E-state index in [9.17, 15) is 42.5 Å². The van der Waals surface area contributed by atoms with Gasteiger partial charge in [-0.3, -0.25) is 49.2 Å². The van der Waals surface area contributed by atoms with Crippen LogP contribution in [-0.4, -0.2) is 165 Å². The van der Waals surface area contributed by atoms with E-state index in [1.165, 1.54) is 47.2 Å². The number of hydrogen-bond acceptors (Lipinski definition) is 18. The van der Waals surface area contributed by atoms with Crippen LogP contribution < -0.4 is 30.3 Å². The van der Waals surface area contributed by atoms with E-state index in [0.717, 1.165) is 86.9 Å². The maximum Gasteiger partial charge on any atom is 0.293 e. The number of allylic oxidation sites excluding steroid dienone is 1. The third-order valence-corrected chi connectivity index (χ3v) is 18.9. The highest BCUT2D eigenvalue weighted by atomic mass is 35.5. The molecule has 0 saturated carbocycles. The third kappa shape index (κ3) is 14.8. The van der Waals surface area contributed by atoms with Crippen molar-refractivity contribution in [1.82, 2.24) is 34.7 Å². The highest BCUT2D eigenvalue weighted by Gasteiger charge is 2.46. The molecule has 2 aromatic heterocycles. The molecule has 6 aromatic rings. The minimum atomic E-state index is -4.64. The van der Waals surface area contributed by atoms with Crippen LogP contribution in [0.4, 0.5) is 22.7 Å². The van der Waals surface area contributed by atoms with E-state index in [2.05, 4.69) is 71.3 Å². The normalized spacial score (nSPS) is 18.5. The second-order valence-corrected chi connectivity index (χ2v) is 26.0. The fraction of sp³-hybridized carbons (Fsp3) is 0.406. The monoisotopic (exact) mass is 1250 g/mol. The van der Waals surface area contributed by atoms with Gasteiger partial charge in [0.1, 0.15) is 28.9 Å². The van der Waals surface area contributed by atoms with Gasteiger partial charge in [0.05, 0.1) is 59.1 Å². The summed E-state index contributed by atoms with van der Waals surface area (Å²) in [6.07, 6.45) is 8.15. The molecule has 6 heterocycles. The van der Waals surface area contributed by atoms with Crippen molar-refractivity contribution < 1.29 is 51.5 Å². The van der Waals surface area contributed by atoms with Crippen LogP contribution in [0.5, 0.6) is 11.5 Å². The van der Waals surface area contributed by atoms with Crippen molar-refractivity contribution in [2.45, 2.75) is 69.7 Å². The Morgan fingerprint density at radius 2 is 1.61 bits per heavy atom. The number of aromatic amines is 1. The standard InChI is InChI=1S/C64H72ClN11O12S/c1-64(2)20-16-44(51(37-64)42-6-8-45(65)9-7-42)40-73-25-27-74(28-26-73)46-10-12-49(56(35-46)88-47-34-43-17-21-67-59(43)69-39-47)60(78)71-89(84,85)48-11-13-52(55(36-48)76(82)83)68-38-41-18-23-72(24-19-41)29-31-87-33-32-86-30-22-66-53-5-3-4-50-58(53)63(81)75(62(50)80)54-14-15-57(77)70-61(54)79/h3-13,17,21,34-36,39,41,54,66,68H,14-16,18-20,22-33,37-38,40H2,1-2H3,(H,67,69)(H,71,78)(H,70,77,79). The number of nitrogens with one attached hydrogen (secondary N) is 5. The predicted molar refractivity (Wildman–Crippen MR) is 336 cm³/mol. The fourth-order valence-electron chi connectivity index (χ4n) is 12.3. The van der Waals surface area contributed by atoms with Gasteiger partial charge in [-0.05, 0) is 135 Å². The number of piperazine rings is 1. The summed E-state index contributed by atoms with van der Waals surface area (Å²) in [5.74, 6) is -2.63. The van der Waals surface area contributed by atoms with Crippen molar-refractivity contribution >= 4 is 90.5 Å². The summed E-state index contributed by atoms with van der Waals surface area (Å²) in [6, 6.07) is 24.1. The lowest BCUT2D eigenvalue weighted by atomic mass is 9.72. The van der Waals surface area contributed by atoms with Crippen molar-refractivity contribution in [2.24, 2.45) is 11.3 Å². The van der Waals surface area contributed by atoms with Crippen molar-refractivity contribution in [2.75, 3.05) is 107 Å². The Bertz CT molecular complexity index is 3820. The van der Waals surface area contributed by atoms with Crippen LogP contribution >= 0.6 is 11.6 Å². The number of anilines is 3. The molecule has 1 unspecified atom stereocenters. The van der Waals surface area contributed by atoms with E-state index in [4.69, 9.17) is 25.8 Å². The van der Waals surface area contributed by atoms with Gasteiger partial charge in [-0.15, -0.1) is 0 Å². The Labute approximate surface area is 520 Å². The first-order valence-electron chi connectivity index (χ1n) is 30.1. The fourth-order valence-corrected chi connectivity index (χ4v) is 13.4. The number of H-pyrrole nitrogens is 1. The zero-order valence-electron chi connectivity index (χ0n) is 49.7. The molecule has 5 N–H and O–H groups in total. The molecule has 1 aliphatic carbocycles. The molecule has 89 heavy (non-hydrogen) atoms. The number of fused-ring (bicyclic) bond motifs is 2. The van der Waals surface area contributed by atoms with Gasteiger partial charge >= 0.3 is 0 Å². The van der Waals surface area contributed by atoms with Crippen LogP contribution in [0.2, 0.25) is 5.02 Å². The van der Waals surface area contributed by atoms with Gasteiger partial charge in [-0.2, -0.15) is 0 Å². The summed E-state index contributed by atoms with van der Waals surface area (Å²) < 4.78 is 48.0. The van der Waals surface area contributed by atoms with E-state index >= 15 is 0 Å². The number of rotatable bonds is 24. The molecule has 0 radical (unpaired) electrons. The smallest absolute Gasteiger partial charge is 0.293 e. The molecular formula is C64H72ClN11O12S. The van der Waals surface area contributed by atoms with Crippen LogP contribution in [0, 0.1) is 21.4 Å². The van der Waals surface area contributed by atoms with Gasteiger partial charge in [-0.25, -0.2) is 18.1 Å². The third-order valence-electron chi connectivity index (χ3n) is 17.3. The van der Waals surface area contributed by atoms with E-state index in [0.29, 0.717) is 81.3 Å². The van der Waals surface area contributed by atoms with Gasteiger partial charge < -0.3 is 39.6 Å². The predicted octanol–water partition coefficient (Wildman–Crippen LogP) is 8.49. The number of imide groups is 2. The van der Waals surface area contributed by atoms with Gasteiger partial charge in [0.25, 0.3) is 33.4 Å². The SMILES string of the molecule is CC1(C)CCC(CN2CCN(c3ccc(C(=O)NS(=O)(=O)c4ccc(NCC5CCN(CCOCCOCCNc6cccc7c6C(=O)N(C6CCC(=O)NC6=O)C7=O)CC5)c([N+](=O)[O-])c4)c(Oc4cnc5[nH]ccc5c4)c3)CC2)=C(c2ccc(Cl)cc2)C1. The number of sulfonamides is 1. The molecule has 3 fully saturated rings. The molecule has 11 rings (SSSR count). The number of nitro benzene ring substituents is 1. The lowest BCUT2D eigenvalue weighted by Crippen LogP contribution is -2.54. The average Bonchev–Trinajstić information content (AvgIpc) is 1.65. The Kier molecular flexibility index (Phi) is 19.1. The molecule has 5 amide bonds. The maximum absolute atomic E-state index is 14.2. The number of piperidine rings is 2. The van der Waals surface area contributed by atoms with Gasteiger partial charge in [0.2, 0.25) is 11.8 Å². The molecule has 25 heteroatoms. The number of nitro groups is 1. The van der Waals surface area contributed by atoms with Crippen LogP contribution in [0.3, 0.4) is 0 Å². The number of amides is 5. The molecule has 1 atom stereocenters. The van der Waals surface area contributed by atoms with Gasteiger partial charge in [-0.1, -0.05) is 49.2 Å². The Hall–Kier alpha value is -8.26. The van der Waals surface area contributed by atoms with Crippen LogP contribution in [0.15, 0.2) is 114 Å². The number of hydrogen-bond donors (Lipinski definition) is 5. The Morgan fingerprint density at radius 1 is 0.831 bits per heavy atom. The van der Waals surface area contributed by atoms with Crippen molar-refractivity contribution in [3.05, 3.63) is 146 Å². The number of nitrogens with zero attached hydrogens (tertiary/aromatic N) is 6. The summed E-state index contributed by atoms with van der Waals surface area (Å²) in [6.45, 7) is 13.0. The lowest BCUT2D eigenvalue weighted by molar-refractivity contribution is -0.384. The first kappa shape index (κ1) is 62.4. The molecular weight excluding hydrogens is 1180 g/mol. The van der Waals surface area contributed by atoms with Crippen molar-refractivity contribution in [3.8, 4) is 11.5 Å². The maximum atomic E-state index is 14.2. The Balaban J connectivity index is 0.637. The number of carbonyl (C=O) groups excluding carboxylic acids is 5. The van der Waals surface area contributed by atoms with E-state index < -0.39 is 61.1 Å². The molecule has 3 saturated heterocycles. The van der Waals surface area contributed by atoms with Gasteiger partial charge in [0.15, 0.2) is 0 Å². The minimum Gasteiger partial charge on any atom is -0.455 e. The highest BCUT2D eigenvalue weighted by molar-refractivity contribution is 7.90. The summed E-state index contributed by atoms with van der Waals surface area (Å²) in [7, 11) is -4.64. The second kappa shape index (κ2) is 27.2. The van der Waals surface area contributed by atoms with Crippen molar-refractivity contribution in [1.29, 1.82) is 0 Å². The topological polar surface area (TPSA) is 280 Å². The molecule has 4 aromatic carbocycles. The minimum absolute atomic E-state index is 0.0367. The van der Waals surface area contributed by atoms with E-state index in [1.807, 2.05) is 18.2 Å². The number of likely N-dealkylation sites (tertiary alicyclic amines) is 1. The number of carbonyl (C=O) groups is 5. The summed E-state index contributed by atoms with van der Waals surface area (Å²) in [4.78, 5) is 91.5. The highest BCUT2D eigenvalue weighted by Crippen LogP contribution is 2.44. The summed E-state index contributed by atoms with van der Waals surface area (Å²) in [5.41, 5.74) is 6.14. The first-order chi connectivity index (χ1) is 42.9. The average molecular weight is 1250 g/mol. The zero-order chi connectivity index (χ0) is 62.4. The van der Waals surface area contributed by atoms with Crippen LogP contribution in [-0.2, 0) is 29.1 Å². The quantitative estimate of drug-likeness (QED) is 0.0164. The second-order valence-electron chi connectivity index (χ2n) is 23.9. The molecule has 468 valence electrons.